The van der Waals surface area contributed by atoms with Gasteiger partial charge in [0.15, 0.2) is 0 Å². The Morgan fingerprint density at radius 3 is 2.75 bits per heavy atom. The first-order valence-electron chi connectivity index (χ1n) is 3.90. The third kappa shape index (κ3) is 9.74. The molecule has 0 rings (SSSR count). The molecule has 0 aliphatic heterocycles. The maximum atomic E-state index is 10.1. The molecule has 0 aromatic carbocycles. The second-order valence-electron chi connectivity index (χ2n) is 2.29. The number of hydrogen-bond acceptors (Lipinski definition) is 2. The van der Waals surface area contributed by atoms with Gasteiger partial charge >= 0.3 is 6.09 Å². The van der Waals surface area contributed by atoms with Gasteiger partial charge in [-0.05, 0) is 19.3 Å². The molecule has 0 heterocycles. The van der Waals surface area contributed by atoms with Crippen LogP contribution in [0.2, 0.25) is 0 Å². The van der Waals surface area contributed by atoms with E-state index in [9.17, 15) is 4.79 Å². The van der Waals surface area contributed by atoms with Crippen LogP contribution in [0.4, 0.5) is 4.79 Å². The van der Waals surface area contributed by atoms with Gasteiger partial charge in [0.25, 0.3) is 0 Å². The van der Waals surface area contributed by atoms with Crippen LogP contribution in [0.15, 0.2) is 12.2 Å². The molecule has 0 saturated heterocycles. The number of carbonyl (C=O) groups is 1. The van der Waals surface area contributed by atoms with Gasteiger partial charge in [-0.2, -0.15) is 0 Å². The van der Waals surface area contributed by atoms with Gasteiger partial charge in [0.2, 0.25) is 0 Å². The lowest BCUT2D eigenvalue weighted by atomic mass is 10.2. The Kier molecular flexibility index (Phi) is 8.64. The second kappa shape index (κ2) is 8.83. The Bertz CT molecular complexity index is 148. The molecule has 1 amide bonds. The number of amides is 1. The van der Waals surface area contributed by atoms with Crippen LogP contribution in [0.25, 0.3) is 0 Å². The van der Waals surface area contributed by atoms with Gasteiger partial charge in [-0.1, -0.05) is 34.7 Å². The van der Waals surface area contributed by atoms with E-state index < -0.39 is 6.09 Å². The van der Waals surface area contributed by atoms with Crippen molar-refractivity contribution in [3.8, 4) is 0 Å². The smallest absolute Gasteiger partial charge is 0.404 e. The fourth-order valence-electron chi connectivity index (χ4n) is 0.718. The lowest BCUT2D eigenvalue weighted by molar-refractivity contribution is 0.154. The molecule has 0 atom stereocenters. The van der Waals surface area contributed by atoms with Gasteiger partial charge < -0.3 is 10.5 Å². The van der Waals surface area contributed by atoms with Crippen LogP contribution in [0, 0.1) is 0 Å². The topological polar surface area (TPSA) is 52.3 Å². The predicted molar refractivity (Wildman–Crippen MR) is 57.4 cm³/mol. The molecule has 0 bridgehead atoms. The van der Waals surface area contributed by atoms with Crippen LogP contribution in [-0.2, 0) is 4.74 Å². The van der Waals surface area contributed by atoms with Crippen LogP contribution in [-0.4, -0.2) is 17.1 Å². The monoisotopic (exact) mass is 283 g/mol. The molecular weight excluding hydrogens is 269 g/mol. The first-order chi connectivity index (χ1) is 5.77. The number of unbranched alkanes of at least 4 members (excludes halogenated alkanes) is 2. The SMILES string of the molecule is NC(=O)OCCCCC=CCI. The molecule has 0 saturated carbocycles. The molecular formula is C8H14INO2. The van der Waals surface area contributed by atoms with E-state index >= 15 is 0 Å². The van der Waals surface area contributed by atoms with Crippen LogP contribution in [0.3, 0.4) is 0 Å². The molecule has 0 aromatic rings. The Morgan fingerprint density at radius 2 is 2.17 bits per heavy atom. The normalized spacial score (nSPS) is 10.4. The van der Waals surface area contributed by atoms with Gasteiger partial charge in [-0.3, -0.25) is 0 Å². The van der Waals surface area contributed by atoms with E-state index in [1.54, 1.807) is 0 Å². The van der Waals surface area contributed by atoms with E-state index in [0.29, 0.717) is 6.61 Å². The fourth-order valence-corrected chi connectivity index (χ4v) is 1.08. The van der Waals surface area contributed by atoms with Gasteiger partial charge in [0.05, 0.1) is 6.61 Å². The fraction of sp³-hybridized carbons (Fsp3) is 0.625. The highest BCUT2D eigenvalue weighted by Gasteiger charge is 1.91. The van der Waals surface area contributed by atoms with E-state index in [2.05, 4.69) is 39.5 Å². The van der Waals surface area contributed by atoms with E-state index in [0.717, 1.165) is 23.7 Å². The summed E-state index contributed by atoms with van der Waals surface area (Å²) < 4.78 is 5.61. The van der Waals surface area contributed by atoms with Crippen molar-refractivity contribution in [3.63, 3.8) is 0 Å². The van der Waals surface area contributed by atoms with Crippen molar-refractivity contribution in [1.29, 1.82) is 0 Å². The van der Waals surface area contributed by atoms with E-state index in [-0.39, 0.29) is 0 Å². The number of hydrogen-bond donors (Lipinski definition) is 1. The summed E-state index contributed by atoms with van der Waals surface area (Å²) in [6.07, 6.45) is 6.55. The summed E-state index contributed by atoms with van der Waals surface area (Å²) in [5.74, 6) is 0. The Labute approximate surface area is 86.5 Å². The molecule has 0 aliphatic carbocycles. The minimum atomic E-state index is -0.683. The summed E-state index contributed by atoms with van der Waals surface area (Å²) >= 11 is 2.29. The molecule has 2 N–H and O–H groups in total. The number of carbonyl (C=O) groups excluding carboxylic acids is 1. The quantitative estimate of drug-likeness (QED) is 0.352. The van der Waals surface area contributed by atoms with Crippen LogP contribution in [0.5, 0.6) is 0 Å². The maximum Gasteiger partial charge on any atom is 0.404 e. The van der Waals surface area contributed by atoms with Gasteiger partial charge in [0.1, 0.15) is 0 Å². The zero-order valence-corrected chi connectivity index (χ0v) is 9.12. The molecule has 70 valence electrons. The van der Waals surface area contributed by atoms with Crippen molar-refractivity contribution >= 4 is 28.7 Å². The van der Waals surface area contributed by atoms with Crippen molar-refractivity contribution in [3.05, 3.63) is 12.2 Å². The Hall–Kier alpha value is -0.260. The number of ether oxygens (including phenoxy) is 1. The summed E-state index contributed by atoms with van der Waals surface area (Å²) in [6, 6.07) is 0. The average molecular weight is 283 g/mol. The zero-order chi connectivity index (χ0) is 9.23. The summed E-state index contributed by atoms with van der Waals surface area (Å²) in [6.45, 7) is 0.438. The minimum absolute atomic E-state index is 0.438. The lowest BCUT2D eigenvalue weighted by Gasteiger charge is -1.98. The Morgan fingerprint density at radius 1 is 1.42 bits per heavy atom. The van der Waals surface area contributed by atoms with Gasteiger partial charge in [0, 0.05) is 4.43 Å². The predicted octanol–water partition coefficient (Wildman–Crippen LogP) is 2.24. The summed E-state index contributed by atoms with van der Waals surface area (Å²) in [5.41, 5.74) is 4.78. The number of alkyl halides is 1. The van der Waals surface area contributed by atoms with Crippen molar-refractivity contribution in [1.82, 2.24) is 0 Å². The highest BCUT2D eigenvalue weighted by Crippen LogP contribution is 1.97. The summed E-state index contributed by atoms with van der Waals surface area (Å²) in [7, 11) is 0. The first kappa shape index (κ1) is 11.7. The third-order valence-corrected chi connectivity index (χ3v) is 1.77. The molecule has 0 unspecified atom stereocenters. The molecule has 3 nitrogen and oxygen atoms in total. The van der Waals surface area contributed by atoms with Crippen LogP contribution < -0.4 is 5.73 Å². The highest BCUT2D eigenvalue weighted by atomic mass is 127. The second-order valence-corrected chi connectivity index (χ2v) is 3.17. The van der Waals surface area contributed by atoms with E-state index in [1.807, 2.05) is 0 Å². The highest BCUT2D eigenvalue weighted by molar-refractivity contribution is 14.1. The third-order valence-electron chi connectivity index (χ3n) is 1.27. The van der Waals surface area contributed by atoms with Crippen molar-refractivity contribution in [2.45, 2.75) is 19.3 Å². The summed E-state index contributed by atoms with van der Waals surface area (Å²) in [5, 5.41) is 0. The van der Waals surface area contributed by atoms with Gasteiger partial charge in [-0.25, -0.2) is 4.79 Å². The van der Waals surface area contributed by atoms with Crippen molar-refractivity contribution in [2.24, 2.45) is 5.73 Å². The van der Waals surface area contributed by atoms with E-state index in [1.165, 1.54) is 0 Å². The standard InChI is InChI=1S/C8H14INO2/c9-6-4-2-1-3-5-7-12-8(10)11/h2,4H,1,3,5-7H2,(H2,10,11). The maximum absolute atomic E-state index is 10.1. The molecule has 0 aliphatic rings. The first-order valence-corrected chi connectivity index (χ1v) is 5.43. The molecule has 12 heavy (non-hydrogen) atoms. The number of rotatable bonds is 6. The lowest BCUT2D eigenvalue weighted by Crippen LogP contribution is -2.13. The molecule has 0 fully saturated rings. The van der Waals surface area contributed by atoms with Gasteiger partial charge in [-0.15, -0.1) is 0 Å². The largest absolute Gasteiger partial charge is 0.450 e. The van der Waals surface area contributed by atoms with Crippen molar-refractivity contribution < 1.29 is 9.53 Å². The average Bonchev–Trinajstić information content (AvgIpc) is 2.02. The van der Waals surface area contributed by atoms with Crippen molar-refractivity contribution in [2.75, 3.05) is 11.0 Å². The minimum Gasteiger partial charge on any atom is -0.450 e. The molecule has 4 heteroatoms. The zero-order valence-electron chi connectivity index (χ0n) is 6.96. The number of allylic oxidation sites excluding steroid dienone is 2. The number of primary amides is 1. The van der Waals surface area contributed by atoms with Crippen LogP contribution in [0.1, 0.15) is 19.3 Å². The summed E-state index contributed by atoms with van der Waals surface area (Å²) in [4.78, 5) is 10.1. The number of halogens is 1. The molecule has 0 radical (unpaired) electrons. The molecule has 0 aromatic heterocycles. The molecule has 0 spiro atoms. The Balaban J connectivity index is 3.00. The van der Waals surface area contributed by atoms with E-state index in [4.69, 9.17) is 5.73 Å². The van der Waals surface area contributed by atoms with Crippen LogP contribution >= 0.6 is 22.6 Å². The number of nitrogens with two attached hydrogens (primary N) is 1.